The van der Waals surface area contributed by atoms with Crippen molar-refractivity contribution in [1.29, 1.82) is 0 Å². The number of benzene rings is 2. The third-order valence-electron chi connectivity index (χ3n) is 5.06. The van der Waals surface area contributed by atoms with Gasteiger partial charge in [0, 0.05) is 19.2 Å². The maximum absolute atomic E-state index is 12.7. The van der Waals surface area contributed by atoms with Crippen LogP contribution in [0.2, 0.25) is 0 Å². The van der Waals surface area contributed by atoms with Crippen molar-refractivity contribution in [2.45, 2.75) is 13.0 Å². The zero-order valence-corrected chi connectivity index (χ0v) is 15.3. The average Bonchev–Trinajstić information content (AvgIpc) is 3.36. The Morgan fingerprint density at radius 1 is 1.04 bits per heavy atom. The van der Waals surface area contributed by atoms with E-state index >= 15 is 0 Å². The van der Waals surface area contributed by atoms with Gasteiger partial charge in [-0.25, -0.2) is 0 Å². The van der Waals surface area contributed by atoms with E-state index in [1.807, 2.05) is 12.1 Å². The summed E-state index contributed by atoms with van der Waals surface area (Å²) in [7, 11) is 0. The van der Waals surface area contributed by atoms with Gasteiger partial charge in [0.05, 0.1) is 17.4 Å². The highest BCUT2D eigenvalue weighted by Crippen LogP contribution is 2.42. The number of ketones is 1. The van der Waals surface area contributed by atoms with Crippen LogP contribution in [0.25, 0.3) is 6.08 Å². The molecule has 0 saturated heterocycles. The Balaban J connectivity index is 1.37. The third-order valence-corrected chi connectivity index (χ3v) is 5.06. The number of carbonyl (C=O) groups excluding carboxylic acids is 1. The Morgan fingerprint density at radius 2 is 1.93 bits per heavy atom. The molecular weight excluding hydrogens is 354 g/mol. The Bertz CT molecular complexity index is 1040. The molecule has 0 aliphatic carbocycles. The normalized spacial score (nSPS) is 17.1. The van der Waals surface area contributed by atoms with Gasteiger partial charge in [-0.2, -0.15) is 0 Å². The van der Waals surface area contributed by atoms with Crippen LogP contribution in [0.1, 0.15) is 27.2 Å². The molecule has 2 aromatic carbocycles. The second-order valence-electron chi connectivity index (χ2n) is 6.94. The predicted molar refractivity (Wildman–Crippen MR) is 104 cm³/mol. The number of rotatable bonds is 4. The van der Waals surface area contributed by atoms with Gasteiger partial charge in [0.1, 0.15) is 24.0 Å². The minimum absolute atomic E-state index is 0.129. The highest BCUT2D eigenvalue weighted by molar-refractivity contribution is 6.14. The Labute approximate surface area is 162 Å². The topological polar surface area (TPSA) is 51.9 Å². The van der Waals surface area contributed by atoms with Crippen molar-refractivity contribution < 1.29 is 18.7 Å². The lowest BCUT2D eigenvalue weighted by atomic mass is 10.0. The van der Waals surface area contributed by atoms with Gasteiger partial charge < -0.3 is 13.9 Å². The Kier molecular flexibility index (Phi) is 4.22. The Hall–Kier alpha value is -3.31. The van der Waals surface area contributed by atoms with E-state index in [0.29, 0.717) is 30.3 Å². The molecule has 140 valence electrons. The SMILES string of the molecule is O=C1/C(=C\c2ccco2)Oc2c1ccc1c2CN(CCc2ccccc2)CO1. The zero-order valence-electron chi connectivity index (χ0n) is 15.3. The first-order chi connectivity index (χ1) is 13.8. The van der Waals surface area contributed by atoms with E-state index < -0.39 is 0 Å². The fourth-order valence-electron chi connectivity index (χ4n) is 3.58. The number of hydrogen-bond donors (Lipinski definition) is 0. The number of furan rings is 1. The summed E-state index contributed by atoms with van der Waals surface area (Å²) in [6, 6.07) is 17.6. The molecule has 28 heavy (non-hydrogen) atoms. The Morgan fingerprint density at radius 3 is 2.75 bits per heavy atom. The van der Waals surface area contributed by atoms with Crippen molar-refractivity contribution in [3.8, 4) is 11.5 Å². The number of hydrogen-bond acceptors (Lipinski definition) is 5. The summed E-state index contributed by atoms with van der Waals surface area (Å²) in [5.74, 6) is 2.12. The van der Waals surface area contributed by atoms with Crippen molar-refractivity contribution in [2.24, 2.45) is 0 Å². The third kappa shape index (κ3) is 3.10. The molecular formula is C23H19NO4. The predicted octanol–water partition coefficient (Wildman–Crippen LogP) is 4.29. The van der Waals surface area contributed by atoms with Crippen LogP contribution >= 0.6 is 0 Å². The van der Waals surface area contributed by atoms with E-state index in [4.69, 9.17) is 13.9 Å². The van der Waals surface area contributed by atoms with E-state index in [-0.39, 0.29) is 11.5 Å². The molecule has 3 heterocycles. The van der Waals surface area contributed by atoms with Crippen LogP contribution in [0, 0.1) is 0 Å². The molecule has 0 radical (unpaired) electrons. The van der Waals surface area contributed by atoms with Gasteiger partial charge in [0.2, 0.25) is 5.78 Å². The van der Waals surface area contributed by atoms with Gasteiger partial charge in [0.25, 0.3) is 0 Å². The van der Waals surface area contributed by atoms with Crippen LogP contribution in [-0.2, 0) is 13.0 Å². The van der Waals surface area contributed by atoms with Crippen LogP contribution in [0.5, 0.6) is 11.5 Å². The van der Waals surface area contributed by atoms with E-state index in [1.165, 1.54) is 5.56 Å². The zero-order chi connectivity index (χ0) is 18.9. The summed E-state index contributed by atoms with van der Waals surface area (Å²) in [6.07, 6.45) is 4.14. The highest BCUT2D eigenvalue weighted by atomic mass is 16.5. The van der Waals surface area contributed by atoms with Crippen LogP contribution in [0.3, 0.4) is 0 Å². The number of Topliss-reactive ketones (excluding diaryl/α,β-unsaturated/α-hetero) is 1. The summed E-state index contributed by atoms with van der Waals surface area (Å²) in [6.45, 7) is 2.09. The van der Waals surface area contributed by atoms with Crippen molar-refractivity contribution >= 4 is 11.9 Å². The molecule has 0 N–H and O–H groups in total. The first-order valence-corrected chi connectivity index (χ1v) is 9.30. The molecule has 3 aromatic rings. The van der Waals surface area contributed by atoms with Gasteiger partial charge in [-0.05, 0) is 36.2 Å². The van der Waals surface area contributed by atoms with Gasteiger partial charge in [-0.3, -0.25) is 9.69 Å². The van der Waals surface area contributed by atoms with E-state index in [0.717, 1.165) is 24.3 Å². The number of carbonyl (C=O) groups is 1. The second kappa shape index (κ2) is 7.02. The molecule has 0 amide bonds. The summed E-state index contributed by atoms with van der Waals surface area (Å²) in [4.78, 5) is 14.9. The standard InChI is InChI=1S/C23H19NO4/c25-22-18-8-9-20-19(23(18)28-21(22)13-17-7-4-12-26-17)14-24(15-27-20)11-10-16-5-2-1-3-6-16/h1-9,12-13H,10-11,14-15H2/b21-13+. The lowest BCUT2D eigenvalue weighted by Gasteiger charge is -2.29. The molecule has 2 aliphatic rings. The minimum atomic E-state index is -0.129. The van der Waals surface area contributed by atoms with Gasteiger partial charge in [-0.15, -0.1) is 0 Å². The molecule has 2 aliphatic heterocycles. The fourth-order valence-corrected chi connectivity index (χ4v) is 3.58. The van der Waals surface area contributed by atoms with Crippen LogP contribution in [0.15, 0.2) is 71.0 Å². The van der Waals surface area contributed by atoms with Gasteiger partial charge in [-0.1, -0.05) is 30.3 Å². The second-order valence-corrected chi connectivity index (χ2v) is 6.94. The quantitative estimate of drug-likeness (QED) is 0.639. The number of allylic oxidation sites excluding steroid dienone is 1. The molecule has 0 fully saturated rings. The minimum Gasteiger partial charge on any atom is -0.478 e. The molecule has 0 saturated carbocycles. The van der Waals surface area contributed by atoms with Crippen molar-refractivity contribution in [3.63, 3.8) is 0 Å². The highest BCUT2D eigenvalue weighted by Gasteiger charge is 2.33. The first-order valence-electron chi connectivity index (χ1n) is 9.30. The van der Waals surface area contributed by atoms with Crippen molar-refractivity contribution in [1.82, 2.24) is 4.90 Å². The lowest BCUT2D eigenvalue weighted by Crippen LogP contribution is -2.33. The maximum atomic E-state index is 12.7. The molecule has 0 spiro atoms. The average molecular weight is 373 g/mol. The summed E-state index contributed by atoms with van der Waals surface area (Å²) < 4.78 is 17.2. The van der Waals surface area contributed by atoms with Crippen molar-refractivity contribution in [2.75, 3.05) is 13.3 Å². The molecule has 0 unspecified atom stereocenters. The van der Waals surface area contributed by atoms with Crippen molar-refractivity contribution in [3.05, 3.63) is 89.1 Å². The monoisotopic (exact) mass is 373 g/mol. The fraction of sp³-hybridized carbons (Fsp3) is 0.174. The number of ether oxygens (including phenoxy) is 2. The molecule has 0 bridgehead atoms. The van der Waals surface area contributed by atoms with Gasteiger partial charge >= 0.3 is 0 Å². The van der Waals surface area contributed by atoms with Crippen LogP contribution in [0.4, 0.5) is 0 Å². The molecule has 5 nitrogen and oxygen atoms in total. The lowest BCUT2D eigenvalue weighted by molar-refractivity contribution is 0.0950. The first kappa shape index (κ1) is 16.8. The van der Waals surface area contributed by atoms with Crippen LogP contribution in [-0.4, -0.2) is 24.0 Å². The largest absolute Gasteiger partial charge is 0.478 e. The van der Waals surface area contributed by atoms with E-state index in [1.54, 1.807) is 30.5 Å². The summed E-state index contributed by atoms with van der Waals surface area (Å²) >= 11 is 0. The van der Waals surface area contributed by atoms with Crippen LogP contribution < -0.4 is 9.47 Å². The van der Waals surface area contributed by atoms with Gasteiger partial charge in [0.15, 0.2) is 5.76 Å². The molecule has 1 aromatic heterocycles. The summed E-state index contributed by atoms with van der Waals surface area (Å²) in [5, 5.41) is 0. The van der Waals surface area contributed by atoms with E-state index in [9.17, 15) is 4.79 Å². The summed E-state index contributed by atoms with van der Waals surface area (Å²) in [5.41, 5.74) is 2.79. The molecule has 5 rings (SSSR count). The molecule has 5 heteroatoms. The van der Waals surface area contributed by atoms with E-state index in [2.05, 4.69) is 29.2 Å². The smallest absolute Gasteiger partial charge is 0.232 e. The number of nitrogens with zero attached hydrogens (tertiary/aromatic N) is 1. The maximum Gasteiger partial charge on any atom is 0.232 e. The molecule has 0 atom stereocenters. The number of fused-ring (bicyclic) bond motifs is 3.